The number of alkyl halides is 3. The first-order chi connectivity index (χ1) is 16.3. The van der Waals surface area contributed by atoms with Gasteiger partial charge in [-0.25, -0.2) is 4.98 Å². The number of halogens is 3. The summed E-state index contributed by atoms with van der Waals surface area (Å²) in [6.45, 7) is 2.51. The van der Waals surface area contributed by atoms with Crippen molar-refractivity contribution in [3.05, 3.63) is 72.2 Å². The van der Waals surface area contributed by atoms with Crippen LogP contribution in [0, 0.1) is 6.92 Å². The molecule has 0 atom stereocenters. The van der Waals surface area contributed by atoms with E-state index in [0.29, 0.717) is 30.1 Å². The summed E-state index contributed by atoms with van der Waals surface area (Å²) in [6.07, 6.45) is -0.737. The zero-order valence-corrected chi connectivity index (χ0v) is 18.1. The minimum Gasteiger partial charge on any atom is -0.406 e. The maximum absolute atomic E-state index is 12.5. The molecule has 10 heteroatoms. The van der Waals surface area contributed by atoms with Crippen LogP contribution in [0.4, 0.5) is 30.6 Å². The van der Waals surface area contributed by atoms with Gasteiger partial charge in [0, 0.05) is 52.1 Å². The molecular weight excluding hydrogens is 445 g/mol. The maximum atomic E-state index is 12.5. The minimum atomic E-state index is -4.73. The average Bonchev–Trinajstić information content (AvgIpc) is 3.35. The molecule has 0 unspecified atom stereocenters. The van der Waals surface area contributed by atoms with Crippen molar-refractivity contribution in [2.75, 3.05) is 17.2 Å². The Kier molecular flexibility index (Phi) is 5.48. The van der Waals surface area contributed by atoms with E-state index in [1.165, 1.54) is 12.1 Å². The lowest BCUT2D eigenvalue weighted by Crippen LogP contribution is -2.17. The number of hydrogen-bond donors (Lipinski definition) is 4. The molecule has 0 saturated carbocycles. The molecule has 0 saturated heterocycles. The van der Waals surface area contributed by atoms with Gasteiger partial charge in [0.2, 0.25) is 5.95 Å². The molecule has 2 aromatic carbocycles. The van der Waals surface area contributed by atoms with E-state index >= 15 is 0 Å². The molecule has 0 bridgehead atoms. The van der Waals surface area contributed by atoms with Gasteiger partial charge in [0.15, 0.2) is 0 Å². The third kappa shape index (κ3) is 4.90. The van der Waals surface area contributed by atoms with Crippen molar-refractivity contribution in [2.24, 2.45) is 0 Å². The Morgan fingerprint density at radius 1 is 1.03 bits per heavy atom. The van der Waals surface area contributed by atoms with E-state index in [1.807, 2.05) is 25.1 Å². The molecular formula is C24H21F3N6O. The summed E-state index contributed by atoms with van der Waals surface area (Å²) >= 11 is 0. The number of aryl methyl sites for hydroxylation is 1. The van der Waals surface area contributed by atoms with Crippen molar-refractivity contribution >= 4 is 39.3 Å². The molecule has 3 heterocycles. The van der Waals surface area contributed by atoms with Crippen LogP contribution >= 0.6 is 0 Å². The van der Waals surface area contributed by atoms with Crippen LogP contribution in [0.25, 0.3) is 21.8 Å². The highest BCUT2D eigenvalue weighted by Gasteiger charge is 2.31. The van der Waals surface area contributed by atoms with Crippen LogP contribution in [0.5, 0.6) is 5.75 Å². The van der Waals surface area contributed by atoms with Crippen LogP contribution in [0.15, 0.2) is 60.9 Å². The van der Waals surface area contributed by atoms with Crippen molar-refractivity contribution in [1.29, 1.82) is 0 Å². The molecule has 4 N–H and O–H groups in total. The van der Waals surface area contributed by atoms with E-state index in [0.717, 1.165) is 33.4 Å². The van der Waals surface area contributed by atoms with Crippen LogP contribution in [0.1, 0.15) is 11.3 Å². The molecule has 0 aliphatic heterocycles. The van der Waals surface area contributed by atoms with Gasteiger partial charge in [-0.2, -0.15) is 4.98 Å². The second-order valence-electron chi connectivity index (χ2n) is 7.89. The summed E-state index contributed by atoms with van der Waals surface area (Å²) in [4.78, 5) is 15.1. The average molecular weight is 466 g/mol. The molecule has 0 aliphatic rings. The summed E-state index contributed by atoms with van der Waals surface area (Å²) < 4.78 is 41.7. The van der Waals surface area contributed by atoms with Gasteiger partial charge in [-0.05, 0) is 67.4 Å². The Balaban J connectivity index is 1.24. The van der Waals surface area contributed by atoms with Gasteiger partial charge in [0.05, 0.1) is 0 Å². The van der Waals surface area contributed by atoms with Gasteiger partial charge in [0.25, 0.3) is 0 Å². The molecule has 0 aliphatic carbocycles. The second-order valence-corrected chi connectivity index (χ2v) is 7.89. The summed E-state index contributed by atoms with van der Waals surface area (Å²) in [5.74, 6) is 0.846. The van der Waals surface area contributed by atoms with Crippen LogP contribution in [-0.4, -0.2) is 32.8 Å². The topological polar surface area (TPSA) is 90.7 Å². The number of aromatic nitrogens is 4. The number of anilines is 3. The number of nitrogens with one attached hydrogen (secondary N) is 4. The number of fused-ring (bicyclic) bond motifs is 2. The van der Waals surface area contributed by atoms with Crippen LogP contribution in [0.3, 0.4) is 0 Å². The number of benzene rings is 2. The first-order valence-electron chi connectivity index (χ1n) is 10.6. The van der Waals surface area contributed by atoms with E-state index < -0.39 is 6.36 Å². The highest BCUT2D eigenvalue weighted by atomic mass is 19.4. The number of rotatable bonds is 7. The Bertz CT molecular complexity index is 1460. The van der Waals surface area contributed by atoms with Crippen molar-refractivity contribution in [2.45, 2.75) is 19.7 Å². The predicted octanol–water partition coefficient (Wildman–Crippen LogP) is 6.04. The van der Waals surface area contributed by atoms with Gasteiger partial charge >= 0.3 is 6.36 Å². The van der Waals surface area contributed by atoms with E-state index in [9.17, 15) is 13.2 Å². The monoisotopic (exact) mass is 466 g/mol. The zero-order chi connectivity index (χ0) is 23.7. The lowest BCUT2D eigenvalue weighted by Gasteiger charge is -2.10. The number of aromatic amines is 2. The fourth-order valence-electron chi connectivity index (χ4n) is 3.89. The molecule has 5 aromatic rings. The van der Waals surface area contributed by atoms with Crippen LogP contribution in [0.2, 0.25) is 0 Å². The van der Waals surface area contributed by atoms with Crippen molar-refractivity contribution in [1.82, 2.24) is 19.9 Å². The first kappa shape index (κ1) is 21.6. The smallest absolute Gasteiger partial charge is 0.406 e. The van der Waals surface area contributed by atoms with E-state index in [2.05, 4.69) is 41.4 Å². The molecule has 174 valence electrons. The quantitative estimate of drug-likeness (QED) is 0.235. The van der Waals surface area contributed by atoms with Crippen LogP contribution in [-0.2, 0) is 6.42 Å². The predicted molar refractivity (Wildman–Crippen MR) is 126 cm³/mol. The lowest BCUT2D eigenvalue weighted by molar-refractivity contribution is -0.274. The SMILES string of the molecule is Cc1cc2cc(Nc3ccnc(NCCc4c[nH]c5ccc(OC(F)(F)F)cc45)n3)ccc2[nH]1. The fraction of sp³-hybridized carbons (Fsp3) is 0.167. The molecule has 34 heavy (non-hydrogen) atoms. The van der Waals surface area contributed by atoms with Crippen molar-refractivity contribution in [3.8, 4) is 5.75 Å². The Morgan fingerprint density at radius 3 is 2.74 bits per heavy atom. The summed E-state index contributed by atoms with van der Waals surface area (Å²) in [7, 11) is 0. The van der Waals surface area contributed by atoms with E-state index in [-0.39, 0.29) is 5.75 Å². The largest absolute Gasteiger partial charge is 0.573 e. The molecule has 5 rings (SSSR count). The summed E-state index contributed by atoms with van der Waals surface area (Å²) in [6, 6.07) is 14.1. The number of ether oxygens (including phenoxy) is 1. The molecule has 3 aromatic heterocycles. The third-order valence-electron chi connectivity index (χ3n) is 5.33. The third-order valence-corrected chi connectivity index (χ3v) is 5.33. The molecule has 0 fully saturated rings. The second kappa shape index (κ2) is 8.62. The van der Waals surface area contributed by atoms with Gasteiger partial charge in [-0.15, -0.1) is 13.2 Å². The van der Waals surface area contributed by atoms with Crippen LogP contribution < -0.4 is 15.4 Å². The van der Waals surface area contributed by atoms with Gasteiger partial charge in [-0.1, -0.05) is 0 Å². The first-order valence-corrected chi connectivity index (χ1v) is 10.6. The zero-order valence-electron chi connectivity index (χ0n) is 18.1. The van der Waals surface area contributed by atoms with E-state index in [4.69, 9.17) is 0 Å². The van der Waals surface area contributed by atoms with Gasteiger partial charge in [0.1, 0.15) is 11.6 Å². The Labute approximate surface area is 192 Å². The number of H-pyrrole nitrogens is 2. The fourth-order valence-corrected chi connectivity index (χ4v) is 3.89. The molecule has 7 nitrogen and oxygen atoms in total. The minimum absolute atomic E-state index is 0.246. The lowest BCUT2D eigenvalue weighted by atomic mass is 10.1. The Hall–Kier alpha value is -4.21. The van der Waals surface area contributed by atoms with Gasteiger partial charge in [-0.3, -0.25) is 0 Å². The Morgan fingerprint density at radius 2 is 1.88 bits per heavy atom. The van der Waals surface area contributed by atoms with Gasteiger partial charge < -0.3 is 25.3 Å². The standard InChI is InChI=1S/C24H21F3N6O/c1-14-10-16-11-17(2-4-20(16)31-14)32-22-7-9-29-23(33-22)28-8-6-15-13-30-21-5-3-18(12-19(15)21)34-24(25,26)27/h2-5,7,9-13,30-31H,6,8H2,1H3,(H2,28,29,32,33). The summed E-state index contributed by atoms with van der Waals surface area (Å²) in [5.41, 5.74) is 4.68. The summed E-state index contributed by atoms with van der Waals surface area (Å²) in [5, 5.41) is 8.24. The van der Waals surface area contributed by atoms with E-state index in [1.54, 1.807) is 24.5 Å². The maximum Gasteiger partial charge on any atom is 0.573 e. The number of hydrogen-bond acceptors (Lipinski definition) is 5. The number of nitrogens with zero attached hydrogens (tertiary/aromatic N) is 2. The van der Waals surface area contributed by atoms with Crippen molar-refractivity contribution < 1.29 is 17.9 Å². The highest BCUT2D eigenvalue weighted by molar-refractivity contribution is 5.85. The molecule has 0 amide bonds. The molecule has 0 spiro atoms. The molecule has 0 radical (unpaired) electrons. The normalized spacial score (nSPS) is 11.8. The van der Waals surface area contributed by atoms with Crippen molar-refractivity contribution in [3.63, 3.8) is 0 Å². The highest BCUT2D eigenvalue weighted by Crippen LogP contribution is 2.28.